The summed E-state index contributed by atoms with van der Waals surface area (Å²) in [5, 5.41) is 0.146. The van der Waals surface area contributed by atoms with Crippen molar-refractivity contribution in [2.24, 2.45) is 0 Å². The Kier molecular flexibility index (Phi) is 6.72. The van der Waals surface area contributed by atoms with Crippen LogP contribution >= 0.6 is 0 Å². The van der Waals surface area contributed by atoms with Crippen LogP contribution in [0.15, 0.2) is 42.5 Å². The van der Waals surface area contributed by atoms with Gasteiger partial charge in [-0.1, -0.05) is 32.8 Å². The molecule has 0 N–H and O–H groups in total. The molecule has 0 unspecified atom stereocenters. The average molecular weight is 329 g/mol. The monoisotopic (exact) mass is 328 g/mol. The molecular weight excluding hydrogens is 300 g/mol. The molecule has 1 aromatic rings. The van der Waals surface area contributed by atoms with E-state index in [4.69, 9.17) is 15.6 Å². The highest BCUT2D eigenvalue weighted by Crippen LogP contribution is 2.39. The van der Waals surface area contributed by atoms with Crippen molar-refractivity contribution in [3.05, 3.63) is 48.1 Å². The average Bonchev–Trinajstić information content (AvgIpc) is 2.49. The molecule has 3 heteroatoms. The molecule has 0 saturated heterocycles. The lowest BCUT2D eigenvalue weighted by Crippen LogP contribution is -2.40. The lowest BCUT2D eigenvalue weighted by atomic mass is 10.1. The Hall–Kier alpha value is -1.92. The maximum atomic E-state index is 6.52. The second kappa shape index (κ2) is 8.08. The molecule has 124 valence electrons. The molecule has 0 spiro atoms. The standard InChI is InChI=1S/C20H28O2Si/c1-8-9-10-11-12-19(22-23(6,7)20(2,3)4)17-13-15-18(21-5)16-14-17/h1,9-10,12-16H,11H2,2-7H3/b10-9-,19-12-. The summed E-state index contributed by atoms with van der Waals surface area (Å²) in [6.07, 6.45) is 11.8. The molecule has 0 aliphatic heterocycles. The van der Waals surface area contributed by atoms with Crippen LogP contribution in [0, 0.1) is 12.3 Å². The molecule has 2 nitrogen and oxygen atoms in total. The van der Waals surface area contributed by atoms with Gasteiger partial charge in [-0.25, -0.2) is 0 Å². The summed E-state index contributed by atoms with van der Waals surface area (Å²) < 4.78 is 11.7. The lowest BCUT2D eigenvalue weighted by Gasteiger charge is -2.37. The predicted octanol–water partition coefficient (Wildman–Crippen LogP) is 5.64. The Morgan fingerprint density at radius 2 is 1.83 bits per heavy atom. The first-order valence-corrected chi connectivity index (χ1v) is 10.8. The Balaban J connectivity index is 3.11. The summed E-state index contributed by atoms with van der Waals surface area (Å²) in [6, 6.07) is 7.97. The fraction of sp³-hybridized carbons (Fsp3) is 0.400. The molecule has 0 bridgehead atoms. The van der Waals surface area contributed by atoms with Crippen molar-refractivity contribution in [2.75, 3.05) is 7.11 Å². The molecule has 0 aromatic heterocycles. The van der Waals surface area contributed by atoms with Gasteiger partial charge in [0.25, 0.3) is 0 Å². The van der Waals surface area contributed by atoms with Gasteiger partial charge in [0, 0.05) is 5.56 Å². The molecule has 0 amide bonds. The molecule has 0 atom stereocenters. The minimum atomic E-state index is -1.91. The van der Waals surface area contributed by atoms with Crippen molar-refractivity contribution in [2.45, 2.75) is 45.3 Å². The van der Waals surface area contributed by atoms with E-state index in [9.17, 15) is 0 Å². The Bertz CT molecular complexity index is 596. The maximum absolute atomic E-state index is 6.52. The van der Waals surface area contributed by atoms with Gasteiger partial charge in [0.05, 0.1) is 7.11 Å². The fourth-order valence-corrected chi connectivity index (χ4v) is 2.77. The van der Waals surface area contributed by atoms with Gasteiger partial charge >= 0.3 is 0 Å². The van der Waals surface area contributed by atoms with E-state index >= 15 is 0 Å². The number of ether oxygens (including phenoxy) is 1. The molecule has 0 aliphatic rings. The van der Waals surface area contributed by atoms with Crippen molar-refractivity contribution in [3.8, 4) is 18.1 Å². The quantitative estimate of drug-likeness (QED) is 0.382. The third kappa shape index (κ3) is 5.65. The molecule has 0 fully saturated rings. The van der Waals surface area contributed by atoms with Crippen LogP contribution in [-0.4, -0.2) is 15.4 Å². The van der Waals surface area contributed by atoms with E-state index in [-0.39, 0.29) is 5.04 Å². The van der Waals surface area contributed by atoms with Gasteiger partial charge in [-0.3, -0.25) is 0 Å². The lowest BCUT2D eigenvalue weighted by molar-refractivity contribution is 0.414. The van der Waals surface area contributed by atoms with E-state index in [2.05, 4.69) is 45.9 Å². The third-order valence-electron chi connectivity index (χ3n) is 4.20. The van der Waals surface area contributed by atoms with Gasteiger partial charge in [0.15, 0.2) is 0 Å². The van der Waals surface area contributed by atoms with Gasteiger partial charge in [-0.2, -0.15) is 0 Å². The number of hydrogen-bond acceptors (Lipinski definition) is 2. The normalized spacial score (nSPS) is 13.0. The minimum absolute atomic E-state index is 0.146. The van der Waals surface area contributed by atoms with Crippen LogP contribution in [-0.2, 0) is 4.43 Å². The Labute approximate surface area is 142 Å². The van der Waals surface area contributed by atoms with Gasteiger partial charge in [0.1, 0.15) is 11.5 Å². The molecule has 1 rings (SSSR count). The molecule has 0 aliphatic carbocycles. The zero-order valence-electron chi connectivity index (χ0n) is 15.1. The second-order valence-electron chi connectivity index (χ2n) is 6.96. The number of allylic oxidation sites excluding steroid dienone is 3. The predicted molar refractivity (Wildman–Crippen MR) is 102 cm³/mol. The van der Waals surface area contributed by atoms with Crippen LogP contribution in [0.3, 0.4) is 0 Å². The van der Waals surface area contributed by atoms with E-state index < -0.39 is 8.32 Å². The van der Waals surface area contributed by atoms with E-state index in [1.54, 1.807) is 13.2 Å². The SMILES string of the molecule is C#C/C=C\C/C=C(\O[Si](C)(C)C(C)(C)C)c1ccc(OC)cc1. The minimum Gasteiger partial charge on any atom is -0.543 e. The molecule has 1 aromatic carbocycles. The zero-order chi connectivity index (χ0) is 17.5. The molecular formula is C20H28O2Si. The highest BCUT2D eigenvalue weighted by atomic mass is 28.4. The molecule has 0 heterocycles. The van der Waals surface area contributed by atoms with E-state index in [0.717, 1.165) is 23.5 Å². The first-order valence-electron chi connectivity index (χ1n) is 7.86. The van der Waals surface area contributed by atoms with Crippen molar-refractivity contribution >= 4 is 14.1 Å². The number of methoxy groups -OCH3 is 1. The summed E-state index contributed by atoms with van der Waals surface area (Å²) in [5.41, 5.74) is 1.06. The topological polar surface area (TPSA) is 18.5 Å². The highest BCUT2D eigenvalue weighted by molar-refractivity contribution is 6.74. The van der Waals surface area contributed by atoms with Gasteiger partial charge < -0.3 is 9.16 Å². The number of terminal acetylenes is 1. The highest BCUT2D eigenvalue weighted by Gasteiger charge is 2.39. The number of benzene rings is 1. The largest absolute Gasteiger partial charge is 0.543 e. The van der Waals surface area contributed by atoms with Crippen molar-refractivity contribution in [3.63, 3.8) is 0 Å². The first kappa shape index (κ1) is 19.1. The van der Waals surface area contributed by atoms with E-state index in [1.807, 2.05) is 30.3 Å². The number of hydrogen-bond donors (Lipinski definition) is 0. The van der Waals surface area contributed by atoms with Crippen LogP contribution in [0.2, 0.25) is 18.1 Å². The summed E-state index contributed by atoms with van der Waals surface area (Å²) in [4.78, 5) is 0. The van der Waals surface area contributed by atoms with Crippen LogP contribution < -0.4 is 4.74 Å². The first-order chi connectivity index (χ1) is 10.7. The van der Waals surface area contributed by atoms with Crippen molar-refractivity contribution in [1.29, 1.82) is 0 Å². The smallest absolute Gasteiger partial charge is 0.250 e. The van der Waals surface area contributed by atoms with Gasteiger partial charge in [-0.05, 0) is 61.0 Å². The van der Waals surface area contributed by atoms with Crippen LogP contribution in [0.5, 0.6) is 5.75 Å². The fourth-order valence-electron chi connectivity index (χ4n) is 1.71. The summed E-state index contributed by atoms with van der Waals surface area (Å²) in [6.45, 7) is 11.2. The van der Waals surface area contributed by atoms with Crippen LogP contribution in [0.4, 0.5) is 0 Å². The molecule has 0 radical (unpaired) electrons. The molecule has 0 saturated carbocycles. The Morgan fingerprint density at radius 3 is 2.30 bits per heavy atom. The van der Waals surface area contributed by atoms with Crippen molar-refractivity contribution in [1.82, 2.24) is 0 Å². The van der Waals surface area contributed by atoms with E-state index in [1.165, 1.54) is 0 Å². The third-order valence-corrected chi connectivity index (χ3v) is 8.54. The maximum Gasteiger partial charge on any atom is 0.250 e. The zero-order valence-corrected chi connectivity index (χ0v) is 16.1. The summed E-state index contributed by atoms with van der Waals surface area (Å²) in [5.74, 6) is 4.27. The molecule has 23 heavy (non-hydrogen) atoms. The van der Waals surface area contributed by atoms with Crippen LogP contribution in [0.25, 0.3) is 5.76 Å². The van der Waals surface area contributed by atoms with Gasteiger partial charge in [0.2, 0.25) is 8.32 Å². The summed E-state index contributed by atoms with van der Waals surface area (Å²) in [7, 11) is -0.236. The number of rotatable bonds is 6. The summed E-state index contributed by atoms with van der Waals surface area (Å²) >= 11 is 0. The van der Waals surface area contributed by atoms with Crippen LogP contribution in [0.1, 0.15) is 32.8 Å². The second-order valence-corrected chi connectivity index (χ2v) is 11.7. The Morgan fingerprint density at radius 1 is 1.22 bits per heavy atom. The van der Waals surface area contributed by atoms with Crippen molar-refractivity contribution < 1.29 is 9.16 Å². The van der Waals surface area contributed by atoms with Gasteiger partial charge in [-0.15, -0.1) is 6.42 Å². The van der Waals surface area contributed by atoms with E-state index in [0.29, 0.717) is 0 Å².